The Kier molecular flexibility index (Phi) is 3.82. The van der Waals surface area contributed by atoms with Crippen LogP contribution < -0.4 is 16.0 Å². The van der Waals surface area contributed by atoms with Gasteiger partial charge in [-0.05, 0) is 44.2 Å². The Morgan fingerprint density at radius 3 is 2.76 bits per heavy atom. The summed E-state index contributed by atoms with van der Waals surface area (Å²) < 4.78 is 0. The number of para-hydroxylation sites is 1. The molecule has 0 saturated heterocycles. The van der Waals surface area contributed by atoms with Crippen LogP contribution in [-0.2, 0) is 16.0 Å². The fourth-order valence-corrected chi connectivity index (χ4v) is 2.57. The molecular weight excluding hydrogens is 266 g/mol. The number of hydrogen-bond acceptors (Lipinski definition) is 3. The molecule has 2 aliphatic rings. The molecule has 112 valence electrons. The van der Waals surface area contributed by atoms with Crippen LogP contribution in [0.1, 0.15) is 31.7 Å². The van der Waals surface area contributed by atoms with Crippen molar-refractivity contribution in [2.75, 3.05) is 5.32 Å². The maximum Gasteiger partial charge on any atom is 0.243 e. The zero-order valence-corrected chi connectivity index (χ0v) is 12.2. The normalized spacial score (nSPS) is 21.7. The van der Waals surface area contributed by atoms with Gasteiger partial charge in [-0.2, -0.15) is 0 Å². The number of rotatable bonds is 4. The van der Waals surface area contributed by atoms with Crippen molar-refractivity contribution < 1.29 is 9.59 Å². The second kappa shape index (κ2) is 5.76. The highest BCUT2D eigenvalue weighted by molar-refractivity contribution is 5.91. The van der Waals surface area contributed by atoms with E-state index in [1.54, 1.807) is 6.92 Å². The van der Waals surface area contributed by atoms with Crippen molar-refractivity contribution in [1.82, 2.24) is 10.6 Å². The number of amides is 2. The summed E-state index contributed by atoms with van der Waals surface area (Å²) in [4.78, 5) is 24.1. The lowest BCUT2D eigenvalue weighted by atomic mass is 9.97. The van der Waals surface area contributed by atoms with Crippen molar-refractivity contribution in [3.8, 4) is 0 Å². The molecule has 1 aliphatic carbocycles. The van der Waals surface area contributed by atoms with Crippen molar-refractivity contribution in [2.24, 2.45) is 0 Å². The highest BCUT2D eigenvalue weighted by Gasteiger charge is 2.29. The molecule has 3 rings (SSSR count). The molecule has 2 atom stereocenters. The smallest absolute Gasteiger partial charge is 0.243 e. The maximum absolute atomic E-state index is 12.3. The van der Waals surface area contributed by atoms with Gasteiger partial charge in [0, 0.05) is 11.7 Å². The Labute approximate surface area is 124 Å². The topological polar surface area (TPSA) is 70.2 Å². The molecular formula is C16H21N3O2. The number of carbonyl (C=O) groups excluding carboxylic acids is 2. The molecule has 1 fully saturated rings. The number of carbonyl (C=O) groups is 2. The summed E-state index contributed by atoms with van der Waals surface area (Å²) in [6.45, 7) is 1.73. The van der Waals surface area contributed by atoms with Crippen LogP contribution in [0.5, 0.6) is 0 Å². The number of fused-ring (bicyclic) bond motifs is 1. The zero-order chi connectivity index (χ0) is 14.8. The lowest BCUT2D eigenvalue weighted by Gasteiger charge is -2.27. The third-order valence-electron chi connectivity index (χ3n) is 4.04. The first-order valence-corrected chi connectivity index (χ1v) is 7.58. The molecule has 1 aliphatic heterocycles. The third kappa shape index (κ3) is 3.35. The van der Waals surface area contributed by atoms with Crippen LogP contribution in [0.3, 0.4) is 0 Å². The van der Waals surface area contributed by atoms with Crippen molar-refractivity contribution in [3.63, 3.8) is 0 Å². The second-order valence-electron chi connectivity index (χ2n) is 5.91. The quantitative estimate of drug-likeness (QED) is 0.779. The molecule has 1 heterocycles. The molecule has 21 heavy (non-hydrogen) atoms. The van der Waals surface area contributed by atoms with E-state index in [0.717, 1.165) is 31.4 Å². The van der Waals surface area contributed by atoms with Gasteiger partial charge in [0.1, 0.15) is 12.1 Å². The summed E-state index contributed by atoms with van der Waals surface area (Å²) in [5.41, 5.74) is 2.25. The van der Waals surface area contributed by atoms with Crippen molar-refractivity contribution in [1.29, 1.82) is 0 Å². The molecule has 1 aromatic carbocycles. The Morgan fingerprint density at radius 1 is 1.24 bits per heavy atom. The largest absolute Gasteiger partial charge is 0.373 e. The molecule has 0 spiro atoms. The minimum atomic E-state index is -0.489. The highest BCUT2D eigenvalue weighted by atomic mass is 16.2. The molecule has 3 N–H and O–H groups in total. The number of nitrogens with one attached hydrogen (secondary N) is 3. The molecule has 2 unspecified atom stereocenters. The summed E-state index contributed by atoms with van der Waals surface area (Å²) in [5.74, 6) is -0.204. The van der Waals surface area contributed by atoms with Gasteiger partial charge in [-0.1, -0.05) is 18.2 Å². The second-order valence-corrected chi connectivity index (χ2v) is 5.91. The lowest BCUT2D eigenvalue weighted by molar-refractivity contribution is -0.129. The van der Waals surface area contributed by atoms with Gasteiger partial charge in [0.15, 0.2) is 0 Å². The number of aryl methyl sites for hydroxylation is 1. The maximum atomic E-state index is 12.3. The van der Waals surface area contributed by atoms with E-state index in [1.807, 2.05) is 18.2 Å². The summed E-state index contributed by atoms with van der Waals surface area (Å²) in [6, 6.07) is 7.58. The van der Waals surface area contributed by atoms with Crippen LogP contribution >= 0.6 is 0 Å². The average molecular weight is 287 g/mol. The van der Waals surface area contributed by atoms with E-state index in [1.165, 1.54) is 5.56 Å². The molecule has 0 bridgehead atoms. The molecule has 1 aromatic rings. The molecule has 5 heteroatoms. The van der Waals surface area contributed by atoms with E-state index in [0.29, 0.717) is 6.04 Å². The number of hydrogen-bond donors (Lipinski definition) is 3. The SMILES string of the molecule is CC(NC(=O)C1CCc2ccccc2N1)C(=O)NC1CC1. The summed E-state index contributed by atoms with van der Waals surface area (Å²) in [6.07, 6.45) is 3.73. The Morgan fingerprint density at radius 2 is 2.00 bits per heavy atom. The molecule has 5 nitrogen and oxygen atoms in total. The van der Waals surface area contributed by atoms with Crippen molar-refractivity contribution >= 4 is 17.5 Å². The first kappa shape index (κ1) is 13.9. The van der Waals surface area contributed by atoms with E-state index in [2.05, 4.69) is 22.0 Å². The van der Waals surface area contributed by atoms with E-state index in [9.17, 15) is 9.59 Å². The monoisotopic (exact) mass is 287 g/mol. The standard InChI is InChI=1S/C16H21N3O2/c1-10(15(20)18-12-7-8-12)17-16(21)14-9-6-11-4-2-3-5-13(11)19-14/h2-5,10,12,14,19H,6-9H2,1H3,(H,17,21)(H,18,20). The molecule has 0 radical (unpaired) electrons. The predicted octanol–water partition coefficient (Wildman–Crippen LogP) is 1.20. The van der Waals surface area contributed by atoms with E-state index >= 15 is 0 Å². The van der Waals surface area contributed by atoms with Crippen molar-refractivity contribution in [3.05, 3.63) is 29.8 Å². The van der Waals surface area contributed by atoms with Gasteiger partial charge in [-0.25, -0.2) is 0 Å². The van der Waals surface area contributed by atoms with Crippen LogP contribution in [0.4, 0.5) is 5.69 Å². The van der Waals surface area contributed by atoms with Gasteiger partial charge in [-0.3, -0.25) is 9.59 Å². The highest BCUT2D eigenvalue weighted by Crippen LogP contribution is 2.24. The molecule has 2 amide bonds. The van der Waals surface area contributed by atoms with E-state index < -0.39 is 6.04 Å². The summed E-state index contributed by atoms with van der Waals surface area (Å²) >= 11 is 0. The van der Waals surface area contributed by atoms with Crippen LogP contribution in [0.2, 0.25) is 0 Å². The fourth-order valence-electron chi connectivity index (χ4n) is 2.57. The van der Waals surface area contributed by atoms with Gasteiger partial charge < -0.3 is 16.0 Å². The van der Waals surface area contributed by atoms with Crippen LogP contribution in [0, 0.1) is 0 Å². The zero-order valence-electron chi connectivity index (χ0n) is 12.2. The van der Waals surface area contributed by atoms with Crippen LogP contribution in [-0.4, -0.2) is 29.9 Å². The Hall–Kier alpha value is -2.04. The Balaban J connectivity index is 1.55. The number of benzene rings is 1. The minimum Gasteiger partial charge on any atom is -0.373 e. The first-order valence-electron chi connectivity index (χ1n) is 7.58. The summed E-state index contributed by atoms with van der Waals surface area (Å²) in [7, 11) is 0. The average Bonchev–Trinajstić information content (AvgIpc) is 3.30. The van der Waals surface area contributed by atoms with E-state index in [4.69, 9.17) is 0 Å². The minimum absolute atomic E-state index is 0.0953. The van der Waals surface area contributed by atoms with E-state index in [-0.39, 0.29) is 17.9 Å². The van der Waals surface area contributed by atoms with Gasteiger partial charge in [0.25, 0.3) is 0 Å². The fraction of sp³-hybridized carbons (Fsp3) is 0.500. The van der Waals surface area contributed by atoms with Gasteiger partial charge in [0.05, 0.1) is 0 Å². The first-order chi connectivity index (χ1) is 10.1. The van der Waals surface area contributed by atoms with Gasteiger partial charge in [0.2, 0.25) is 11.8 Å². The van der Waals surface area contributed by atoms with Gasteiger partial charge in [-0.15, -0.1) is 0 Å². The lowest BCUT2D eigenvalue weighted by Crippen LogP contribution is -2.50. The molecule has 0 aromatic heterocycles. The van der Waals surface area contributed by atoms with Gasteiger partial charge >= 0.3 is 0 Å². The van der Waals surface area contributed by atoms with Crippen molar-refractivity contribution in [2.45, 2.75) is 50.7 Å². The third-order valence-corrected chi connectivity index (χ3v) is 4.04. The molecule has 1 saturated carbocycles. The Bertz CT molecular complexity index is 554. The summed E-state index contributed by atoms with van der Waals surface area (Å²) in [5, 5.41) is 8.95. The van der Waals surface area contributed by atoms with Crippen LogP contribution in [0.15, 0.2) is 24.3 Å². The predicted molar refractivity (Wildman–Crippen MR) is 80.9 cm³/mol. The van der Waals surface area contributed by atoms with Crippen LogP contribution in [0.25, 0.3) is 0 Å². The number of anilines is 1.